The predicted octanol–water partition coefficient (Wildman–Crippen LogP) is 4.84. The number of aromatic amines is 1. The number of hydrogen-bond acceptors (Lipinski definition) is 6. The van der Waals surface area contributed by atoms with Crippen LogP contribution in [-0.4, -0.2) is 19.9 Å². The molecule has 1 aromatic carbocycles. The summed E-state index contributed by atoms with van der Waals surface area (Å²) < 4.78 is 5.88. The third kappa shape index (κ3) is 4.32. The smallest absolute Gasteiger partial charge is 0.258 e. The number of ether oxygens (including phenoxy) is 1. The normalized spacial score (nSPS) is 13.4. The lowest BCUT2D eigenvalue weighted by atomic mass is 10.00. The number of benzene rings is 1. The molecule has 1 aliphatic carbocycles. The van der Waals surface area contributed by atoms with E-state index in [0.717, 1.165) is 30.0 Å². The molecule has 0 saturated heterocycles. The number of nitrogens with one attached hydrogen (secondary N) is 1. The maximum atomic E-state index is 12.6. The molecule has 0 saturated carbocycles. The van der Waals surface area contributed by atoms with Crippen molar-refractivity contribution in [3.05, 3.63) is 93.6 Å². The van der Waals surface area contributed by atoms with Crippen LogP contribution < -0.4 is 10.3 Å². The summed E-state index contributed by atoms with van der Waals surface area (Å²) in [5, 5.41) is 3.09. The van der Waals surface area contributed by atoms with E-state index in [9.17, 15) is 4.79 Å². The molecule has 5 rings (SSSR count). The second-order valence-corrected chi connectivity index (χ2v) is 8.17. The van der Waals surface area contributed by atoms with Gasteiger partial charge in [0, 0.05) is 17.8 Å². The second-order valence-electron chi connectivity index (χ2n) is 7.27. The number of fused-ring (bicyclic) bond motifs is 1. The van der Waals surface area contributed by atoms with E-state index in [1.807, 2.05) is 17.5 Å². The minimum Gasteiger partial charge on any atom is -0.486 e. The van der Waals surface area contributed by atoms with E-state index >= 15 is 0 Å². The highest BCUT2D eigenvalue weighted by Crippen LogP contribution is 2.25. The van der Waals surface area contributed by atoms with Crippen molar-refractivity contribution < 1.29 is 4.74 Å². The lowest BCUT2D eigenvalue weighted by Gasteiger charge is -2.10. The van der Waals surface area contributed by atoms with Gasteiger partial charge in [-0.3, -0.25) is 9.78 Å². The van der Waals surface area contributed by atoms with Gasteiger partial charge in [0.25, 0.3) is 5.56 Å². The number of H-pyrrole nitrogens is 1. The lowest BCUT2D eigenvalue weighted by Crippen LogP contribution is -2.14. The van der Waals surface area contributed by atoms with Crippen LogP contribution in [0.5, 0.6) is 5.75 Å². The molecule has 0 aliphatic heterocycles. The average Bonchev–Trinajstić information content (AvgIpc) is 3.34. The van der Waals surface area contributed by atoms with Crippen LogP contribution in [0.15, 0.2) is 76.7 Å². The minimum atomic E-state index is -0.215. The molecular weight excluding hydrogens is 408 g/mol. The van der Waals surface area contributed by atoms with Crippen LogP contribution in [-0.2, 0) is 13.0 Å². The van der Waals surface area contributed by atoms with Crippen molar-refractivity contribution in [1.29, 1.82) is 0 Å². The average molecular weight is 429 g/mol. The Hall–Kier alpha value is -3.58. The molecule has 0 radical (unpaired) electrons. The third-order valence-electron chi connectivity index (χ3n) is 5.09. The summed E-state index contributed by atoms with van der Waals surface area (Å²) in [5.41, 5.74) is 3.51. The van der Waals surface area contributed by atoms with Gasteiger partial charge in [0.1, 0.15) is 34.4 Å². The first-order chi connectivity index (χ1) is 15.3. The zero-order valence-corrected chi connectivity index (χ0v) is 17.6. The topological polar surface area (TPSA) is 80.8 Å². The molecular formula is C24H20N4O2S. The molecule has 0 fully saturated rings. The third-order valence-corrected chi connectivity index (χ3v) is 5.87. The van der Waals surface area contributed by atoms with E-state index < -0.39 is 0 Å². The van der Waals surface area contributed by atoms with Gasteiger partial charge in [0.05, 0.1) is 5.39 Å². The predicted molar refractivity (Wildman–Crippen MR) is 122 cm³/mol. The molecule has 31 heavy (non-hydrogen) atoms. The van der Waals surface area contributed by atoms with Crippen LogP contribution in [0.2, 0.25) is 0 Å². The quantitative estimate of drug-likeness (QED) is 0.475. The van der Waals surface area contributed by atoms with Crippen molar-refractivity contribution in [3.63, 3.8) is 0 Å². The summed E-state index contributed by atoms with van der Waals surface area (Å²) in [6.45, 7) is 0.157. The summed E-state index contributed by atoms with van der Waals surface area (Å²) in [7, 11) is 0. The van der Waals surface area contributed by atoms with Crippen molar-refractivity contribution in [3.8, 4) is 16.5 Å². The Morgan fingerprint density at radius 3 is 2.74 bits per heavy atom. The Morgan fingerprint density at radius 2 is 1.97 bits per heavy atom. The fourth-order valence-corrected chi connectivity index (χ4v) is 4.20. The second kappa shape index (κ2) is 8.65. The largest absolute Gasteiger partial charge is 0.486 e. The number of rotatable bonds is 6. The maximum absolute atomic E-state index is 12.6. The summed E-state index contributed by atoms with van der Waals surface area (Å²) >= 11 is 1.46. The highest BCUT2D eigenvalue weighted by molar-refractivity contribution is 7.13. The Bertz CT molecular complexity index is 1320. The monoisotopic (exact) mass is 428 g/mol. The van der Waals surface area contributed by atoms with Crippen molar-refractivity contribution >= 4 is 22.2 Å². The summed E-state index contributed by atoms with van der Waals surface area (Å²) in [6.07, 6.45) is 13.2. The molecule has 6 nitrogen and oxygen atoms in total. The molecule has 0 amide bonds. The maximum Gasteiger partial charge on any atom is 0.258 e. The van der Waals surface area contributed by atoms with Gasteiger partial charge in [-0.05, 0) is 48.6 Å². The van der Waals surface area contributed by atoms with Crippen LogP contribution in [0.3, 0.4) is 0 Å². The molecule has 0 atom stereocenters. The first-order valence-electron chi connectivity index (χ1n) is 10.1. The van der Waals surface area contributed by atoms with Gasteiger partial charge in [-0.1, -0.05) is 30.4 Å². The standard InChI is InChI=1S/C24H20N4O2S/c29-23-19-10-11-25-22(24-26-12-13-31-24)21(19)27-20(28-23)15-30-18-8-6-17(7-9-18)14-16-4-2-1-3-5-16/h2,4-13H,1,3,14-15H2,(H,27,28,29). The van der Waals surface area contributed by atoms with Crippen molar-refractivity contribution in [1.82, 2.24) is 19.9 Å². The van der Waals surface area contributed by atoms with Gasteiger partial charge >= 0.3 is 0 Å². The molecule has 0 unspecified atom stereocenters. The van der Waals surface area contributed by atoms with Crippen LogP contribution >= 0.6 is 11.3 Å². The zero-order valence-electron chi connectivity index (χ0n) is 16.7. The first kappa shape index (κ1) is 19.4. The molecule has 0 bridgehead atoms. The molecule has 3 heterocycles. The van der Waals surface area contributed by atoms with E-state index in [2.05, 4.69) is 50.3 Å². The number of nitrogens with zero attached hydrogens (tertiary/aromatic N) is 3. The fourth-order valence-electron chi connectivity index (χ4n) is 3.57. The molecule has 0 spiro atoms. The summed E-state index contributed by atoms with van der Waals surface area (Å²) in [6, 6.07) is 9.70. The molecule has 4 aromatic rings. The number of hydrogen-bond donors (Lipinski definition) is 1. The molecule has 154 valence electrons. The molecule has 3 aromatic heterocycles. The Morgan fingerprint density at radius 1 is 1.06 bits per heavy atom. The van der Waals surface area contributed by atoms with E-state index in [4.69, 9.17) is 4.74 Å². The van der Waals surface area contributed by atoms with Crippen LogP contribution in [0, 0.1) is 0 Å². The van der Waals surface area contributed by atoms with Crippen LogP contribution in [0.1, 0.15) is 24.2 Å². The van der Waals surface area contributed by atoms with Gasteiger partial charge in [0.15, 0.2) is 0 Å². The number of aromatic nitrogens is 4. The Kier molecular flexibility index (Phi) is 5.41. The summed E-state index contributed by atoms with van der Waals surface area (Å²) in [4.78, 5) is 28.7. The zero-order chi connectivity index (χ0) is 21.0. The molecule has 1 N–H and O–H groups in total. The summed E-state index contributed by atoms with van der Waals surface area (Å²) in [5.74, 6) is 1.18. The van der Waals surface area contributed by atoms with E-state index in [0.29, 0.717) is 22.4 Å². The number of pyridine rings is 1. The van der Waals surface area contributed by atoms with E-state index in [1.165, 1.54) is 22.5 Å². The first-order valence-corrected chi connectivity index (χ1v) is 11.0. The minimum absolute atomic E-state index is 0.157. The van der Waals surface area contributed by atoms with Gasteiger partial charge in [-0.2, -0.15) is 0 Å². The Labute approximate surface area is 183 Å². The number of allylic oxidation sites excluding steroid dienone is 4. The molecule has 1 aliphatic rings. The van der Waals surface area contributed by atoms with E-state index in [1.54, 1.807) is 18.5 Å². The fraction of sp³-hybridized carbons (Fsp3) is 0.167. The molecule has 7 heteroatoms. The highest BCUT2D eigenvalue weighted by Gasteiger charge is 2.13. The van der Waals surface area contributed by atoms with Gasteiger partial charge in [-0.15, -0.1) is 11.3 Å². The SMILES string of the molecule is O=c1[nH]c(COc2ccc(CC3=CCCC=C3)cc2)nc2c(-c3nccs3)nccc12. The van der Waals surface area contributed by atoms with Gasteiger partial charge in [0.2, 0.25) is 0 Å². The Balaban J connectivity index is 1.34. The lowest BCUT2D eigenvalue weighted by molar-refractivity contribution is 0.296. The number of thiazole rings is 1. The highest BCUT2D eigenvalue weighted by atomic mass is 32.1. The van der Waals surface area contributed by atoms with Crippen molar-refractivity contribution in [2.45, 2.75) is 25.9 Å². The van der Waals surface area contributed by atoms with Gasteiger partial charge in [-0.25, -0.2) is 9.97 Å². The van der Waals surface area contributed by atoms with Crippen LogP contribution in [0.25, 0.3) is 21.6 Å². The van der Waals surface area contributed by atoms with Gasteiger partial charge < -0.3 is 9.72 Å². The van der Waals surface area contributed by atoms with E-state index in [-0.39, 0.29) is 12.2 Å². The van der Waals surface area contributed by atoms with Crippen molar-refractivity contribution in [2.24, 2.45) is 0 Å². The van der Waals surface area contributed by atoms with Crippen LogP contribution in [0.4, 0.5) is 0 Å². The van der Waals surface area contributed by atoms with Crippen molar-refractivity contribution in [2.75, 3.05) is 0 Å².